The lowest BCUT2D eigenvalue weighted by molar-refractivity contribution is 0.0747. The number of hydrogen-bond donors (Lipinski definition) is 1. The number of rotatable bonds is 4. The second kappa shape index (κ2) is 5.25. The summed E-state index contributed by atoms with van der Waals surface area (Å²) in [5.41, 5.74) is 1.70. The molecule has 18 heavy (non-hydrogen) atoms. The summed E-state index contributed by atoms with van der Waals surface area (Å²) in [5.74, 6) is 0.594. The van der Waals surface area contributed by atoms with E-state index in [0.29, 0.717) is 5.92 Å². The zero-order valence-corrected chi connectivity index (χ0v) is 11.2. The fraction of sp³-hybridized carbons (Fsp3) is 0.400. The summed E-state index contributed by atoms with van der Waals surface area (Å²) >= 11 is 0. The number of benzene rings is 1. The molecule has 0 atom stereocenters. The molecule has 0 aliphatic heterocycles. The number of H-pyrrole nitrogens is 1. The molecule has 2 aromatic rings. The number of carbonyl (C=O) groups excluding carboxylic acids is 1. The smallest absolute Gasteiger partial charge is 0.255 e. The number of aromatic amines is 1. The van der Waals surface area contributed by atoms with Crippen molar-refractivity contribution in [2.24, 2.45) is 5.92 Å². The van der Waals surface area contributed by atoms with Gasteiger partial charge < -0.3 is 9.88 Å². The van der Waals surface area contributed by atoms with E-state index in [0.717, 1.165) is 29.6 Å². The van der Waals surface area contributed by atoms with Crippen molar-refractivity contribution in [1.29, 1.82) is 0 Å². The van der Waals surface area contributed by atoms with Crippen LogP contribution in [0.2, 0.25) is 0 Å². The minimum atomic E-state index is 0.110. The summed E-state index contributed by atoms with van der Waals surface area (Å²) in [6.07, 6.45) is 1.88. The van der Waals surface area contributed by atoms with Gasteiger partial charge in [-0.3, -0.25) is 4.79 Å². The number of fused-ring (bicyclic) bond motifs is 1. The molecule has 0 unspecified atom stereocenters. The molecule has 0 fully saturated rings. The lowest BCUT2D eigenvalue weighted by Crippen LogP contribution is -2.34. The van der Waals surface area contributed by atoms with Crippen LogP contribution in [0.15, 0.2) is 30.5 Å². The lowest BCUT2D eigenvalue weighted by Gasteiger charge is -2.23. The average Bonchev–Trinajstić information content (AvgIpc) is 2.82. The van der Waals surface area contributed by atoms with E-state index in [1.54, 1.807) is 0 Å². The normalized spacial score (nSPS) is 11.1. The molecule has 96 valence electrons. The number of carbonyl (C=O) groups is 1. The van der Waals surface area contributed by atoms with Gasteiger partial charge in [-0.05, 0) is 25.0 Å². The topological polar surface area (TPSA) is 36.1 Å². The SMILES string of the molecule is CCN(CC(C)C)C(=O)c1cccc2cc[nH]c12. The highest BCUT2D eigenvalue weighted by Gasteiger charge is 2.17. The van der Waals surface area contributed by atoms with Crippen LogP contribution < -0.4 is 0 Å². The maximum absolute atomic E-state index is 12.5. The van der Waals surface area contributed by atoms with Crippen LogP contribution in [-0.4, -0.2) is 28.9 Å². The summed E-state index contributed by atoms with van der Waals surface area (Å²) in [4.78, 5) is 17.6. The number of nitrogens with one attached hydrogen (secondary N) is 1. The molecular weight excluding hydrogens is 224 g/mol. The summed E-state index contributed by atoms with van der Waals surface area (Å²) in [7, 11) is 0. The number of amides is 1. The molecule has 1 aromatic carbocycles. The zero-order chi connectivity index (χ0) is 13.1. The highest BCUT2D eigenvalue weighted by molar-refractivity contribution is 6.05. The van der Waals surface area contributed by atoms with Crippen molar-refractivity contribution >= 4 is 16.8 Å². The van der Waals surface area contributed by atoms with E-state index in [-0.39, 0.29) is 5.91 Å². The van der Waals surface area contributed by atoms with Gasteiger partial charge in [0.2, 0.25) is 0 Å². The number of nitrogens with zero attached hydrogens (tertiary/aromatic N) is 1. The van der Waals surface area contributed by atoms with E-state index in [4.69, 9.17) is 0 Å². The second-order valence-electron chi connectivity index (χ2n) is 4.99. The van der Waals surface area contributed by atoms with E-state index < -0.39 is 0 Å². The molecule has 2 rings (SSSR count). The molecule has 0 aliphatic carbocycles. The molecular formula is C15H20N2O. The van der Waals surface area contributed by atoms with Crippen molar-refractivity contribution in [3.05, 3.63) is 36.0 Å². The van der Waals surface area contributed by atoms with Crippen LogP contribution in [0.4, 0.5) is 0 Å². The molecule has 0 bridgehead atoms. The highest BCUT2D eigenvalue weighted by Crippen LogP contribution is 2.19. The van der Waals surface area contributed by atoms with Crippen molar-refractivity contribution < 1.29 is 4.79 Å². The third-order valence-electron chi connectivity index (χ3n) is 3.07. The van der Waals surface area contributed by atoms with Gasteiger partial charge in [-0.1, -0.05) is 26.0 Å². The van der Waals surface area contributed by atoms with Gasteiger partial charge in [0.05, 0.1) is 11.1 Å². The van der Waals surface area contributed by atoms with Crippen molar-refractivity contribution in [2.75, 3.05) is 13.1 Å². The van der Waals surface area contributed by atoms with Crippen LogP contribution in [0.1, 0.15) is 31.1 Å². The molecule has 1 amide bonds. The molecule has 1 N–H and O–H groups in total. The first-order valence-corrected chi connectivity index (χ1v) is 6.48. The Balaban J connectivity index is 2.35. The minimum absolute atomic E-state index is 0.110. The van der Waals surface area contributed by atoms with Gasteiger partial charge in [-0.2, -0.15) is 0 Å². The molecule has 0 aliphatic rings. The molecule has 0 saturated carbocycles. The minimum Gasteiger partial charge on any atom is -0.361 e. The Hall–Kier alpha value is -1.77. The van der Waals surface area contributed by atoms with E-state index in [1.807, 2.05) is 42.3 Å². The van der Waals surface area contributed by atoms with Crippen molar-refractivity contribution in [2.45, 2.75) is 20.8 Å². The first-order valence-electron chi connectivity index (χ1n) is 6.48. The van der Waals surface area contributed by atoms with Crippen molar-refractivity contribution in [3.8, 4) is 0 Å². The van der Waals surface area contributed by atoms with Gasteiger partial charge in [0.1, 0.15) is 0 Å². The molecule has 3 heteroatoms. The summed E-state index contributed by atoms with van der Waals surface area (Å²) in [6, 6.07) is 7.84. The predicted octanol–water partition coefficient (Wildman–Crippen LogP) is 3.29. The van der Waals surface area contributed by atoms with Gasteiger partial charge >= 0.3 is 0 Å². The van der Waals surface area contributed by atoms with Crippen LogP contribution in [0.25, 0.3) is 10.9 Å². The van der Waals surface area contributed by atoms with Crippen molar-refractivity contribution in [1.82, 2.24) is 9.88 Å². The maximum Gasteiger partial charge on any atom is 0.255 e. The number of aromatic nitrogens is 1. The third kappa shape index (κ3) is 2.40. The Labute approximate surface area is 108 Å². The third-order valence-corrected chi connectivity index (χ3v) is 3.07. The van der Waals surface area contributed by atoms with Gasteiger partial charge in [-0.25, -0.2) is 0 Å². The Bertz CT molecular complexity index is 542. The Morgan fingerprint density at radius 3 is 2.78 bits per heavy atom. The van der Waals surface area contributed by atoms with Crippen LogP contribution >= 0.6 is 0 Å². The molecule has 1 heterocycles. The van der Waals surface area contributed by atoms with E-state index >= 15 is 0 Å². The summed E-state index contributed by atoms with van der Waals surface area (Å²) in [6.45, 7) is 7.83. The zero-order valence-electron chi connectivity index (χ0n) is 11.2. The Morgan fingerprint density at radius 2 is 2.11 bits per heavy atom. The lowest BCUT2D eigenvalue weighted by atomic mass is 10.1. The molecule has 3 nitrogen and oxygen atoms in total. The Morgan fingerprint density at radius 1 is 1.33 bits per heavy atom. The van der Waals surface area contributed by atoms with E-state index in [2.05, 4.69) is 18.8 Å². The standard InChI is InChI=1S/C15H20N2O/c1-4-17(10-11(2)3)15(18)13-7-5-6-12-8-9-16-14(12)13/h5-9,11,16H,4,10H2,1-3H3. The fourth-order valence-electron chi connectivity index (χ4n) is 2.23. The first-order chi connectivity index (χ1) is 8.63. The van der Waals surface area contributed by atoms with Gasteiger partial charge in [0.25, 0.3) is 5.91 Å². The molecule has 1 aromatic heterocycles. The largest absolute Gasteiger partial charge is 0.361 e. The van der Waals surface area contributed by atoms with Gasteiger partial charge in [0.15, 0.2) is 0 Å². The molecule has 0 saturated heterocycles. The molecule has 0 spiro atoms. The van der Waals surface area contributed by atoms with Crippen LogP contribution in [0.5, 0.6) is 0 Å². The van der Waals surface area contributed by atoms with E-state index in [1.165, 1.54) is 0 Å². The van der Waals surface area contributed by atoms with Crippen LogP contribution in [-0.2, 0) is 0 Å². The maximum atomic E-state index is 12.5. The van der Waals surface area contributed by atoms with E-state index in [9.17, 15) is 4.79 Å². The number of hydrogen-bond acceptors (Lipinski definition) is 1. The summed E-state index contributed by atoms with van der Waals surface area (Å²) in [5, 5.41) is 1.08. The van der Waals surface area contributed by atoms with Crippen molar-refractivity contribution in [3.63, 3.8) is 0 Å². The average molecular weight is 244 g/mol. The summed E-state index contributed by atoms with van der Waals surface area (Å²) < 4.78 is 0. The fourth-order valence-corrected chi connectivity index (χ4v) is 2.23. The first kappa shape index (κ1) is 12.7. The monoisotopic (exact) mass is 244 g/mol. The van der Waals surface area contributed by atoms with Crippen LogP contribution in [0, 0.1) is 5.92 Å². The van der Waals surface area contributed by atoms with Gasteiger partial charge in [0, 0.05) is 24.7 Å². The number of para-hydroxylation sites is 1. The quantitative estimate of drug-likeness (QED) is 0.880. The predicted molar refractivity (Wildman–Crippen MR) is 74.7 cm³/mol. The van der Waals surface area contributed by atoms with Gasteiger partial charge in [-0.15, -0.1) is 0 Å². The second-order valence-corrected chi connectivity index (χ2v) is 4.99. The Kier molecular flexibility index (Phi) is 3.70. The molecule has 0 radical (unpaired) electrons. The van der Waals surface area contributed by atoms with Crippen LogP contribution in [0.3, 0.4) is 0 Å². The highest BCUT2D eigenvalue weighted by atomic mass is 16.2.